The summed E-state index contributed by atoms with van der Waals surface area (Å²) >= 11 is 0. The van der Waals surface area contributed by atoms with Crippen molar-refractivity contribution in [3.05, 3.63) is 29.8 Å². The Hall–Kier alpha value is -0.110. The Morgan fingerprint density at radius 2 is 2.00 bits per heavy atom. The molecule has 82 valence electrons. The Balaban J connectivity index is 0.00000128. The topological polar surface area (TPSA) is 86.7 Å². The van der Waals surface area contributed by atoms with Crippen molar-refractivity contribution in [1.82, 2.24) is 0 Å². The number of benzene rings is 1. The van der Waals surface area contributed by atoms with Crippen LogP contribution in [-0.4, -0.2) is 24.7 Å². The Kier molecular flexibility index (Phi) is 4.04. The predicted molar refractivity (Wildman–Crippen MR) is 50.1 cm³/mol. The number of hydrogen-bond donors (Lipinski definition) is 1. The normalized spacial score (nSPS) is 23.9. The summed E-state index contributed by atoms with van der Waals surface area (Å²) < 4.78 is 38.2. The molecule has 0 spiro atoms. The zero-order valence-corrected chi connectivity index (χ0v) is 11.5. The molecule has 0 amide bonds. The first-order chi connectivity index (χ1) is 6.95. The minimum Gasteiger partial charge on any atom is -0.745 e. The molecule has 1 aliphatic rings. The summed E-state index contributed by atoms with van der Waals surface area (Å²) in [5, 5.41) is 9.88. The van der Waals surface area contributed by atoms with E-state index in [1.165, 1.54) is 12.1 Å². The van der Waals surface area contributed by atoms with Crippen LogP contribution in [0.25, 0.3) is 0 Å². The maximum atomic E-state index is 11.0. The van der Waals surface area contributed by atoms with Crippen molar-refractivity contribution in [2.45, 2.75) is 11.4 Å². The summed E-state index contributed by atoms with van der Waals surface area (Å²) in [6.07, 6.45) is -0.240. The Labute approximate surface area is 115 Å². The van der Waals surface area contributed by atoms with E-state index in [9.17, 15) is 18.1 Å². The van der Waals surface area contributed by atoms with Gasteiger partial charge in [0.25, 0.3) is 0 Å². The van der Waals surface area contributed by atoms with Crippen LogP contribution in [0.5, 0.6) is 5.75 Å². The first kappa shape index (κ1) is 14.0. The van der Waals surface area contributed by atoms with Crippen molar-refractivity contribution in [1.29, 1.82) is 0 Å². The maximum Gasteiger partial charge on any atom is 1.00 e. The monoisotopic (exact) mass is 252 g/mol. The standard InChI is InChI=1S/C9H10O5S.Na/c10-9(15(11,12)13)5-6-14-8-4-2-1-3-7(8)9;/h1-4,10H,5-6H2,(H,11,12,13);/q;+1/p-1. The van der Waals surface area contributed by atoms with Crippen LogP contribution < -0.4 is 34.3 Å². The van der Waals surface area contributed by atoms with Crippen LogP contribution in [0.3, 0.4) is 0 Å². The molecule has 1 aromatic rings. The number of ether oxygens (including phenoxy) is 1. The fourth-order valence-corrected chi connectivity index (χ4v) is 2.38. The first-order valence-corrected chi connectivity index (χ1v) is 5.76. The Bertz CT molecular complexity index is 486. The van der Waals surface area contributed by atoms with E-state index in [1.807, 2.05) is 0 Å². The molecule has 0 bridgehead atoms. The van der Waals surface area contributed by atoms with Crippen LogP contribution in [0.1, 0.15) is 12.0 Å². The molecule has 1 N–H and O–H groups in total. The van der Waals surface area contributed by atoms with Gasteiger partial charge >= 0.3 is 29.6 Å². The van der Waals surface area contributed by atoms with Gasteiger partial charge < -0.3 is 14.4 Å². The van der Waals surface area contributed by atoms with E-state index >= 15 is 0 Å². The van der Waals surface area contributed by atoms with Gasteiger partial charge in [0.15, 0.2) is 4.93 Å². The van der Waals surface area contributed by atoms with Gasteiger partial charge in [0, 0.05) is 12.0 Å². The van der Waals surface area contributed by atoms with Crippen molar-refractivity contribution in [3.63, 3.8) is 0 Å². The second-order valence-corrected chi connectivity index (χ2v) is 4.92. The van der Waals surface area contributed by atoms with Crippen molar-refractivity contribution in [2.24, 2.45) is 0 Å². The zero-order valence-electron chi connectivity index (χ0n) is 8.71. The van der Waals surface area contributed by atoms with Crippen molar-refractivity contribution >= 4 is 10.1 Å². The molecule has 1 aliphatic heterocycles. The van der Waals surface area contributed by atoms with Crippen molar-refractivity contribution in [2.75, 3.05) is 6.61 Å². The fourth-order valence-electron chi connectivity index (χ4n) is 1.61. The molecule has 0 radical (unpaired) electrons. The minimum atomic E-state index is -4.81. The minimum absolute atomic E-state index is 0. The maximum absolute atomic E-state index is 11.0. The van der Waals surface area contributed by atoms with Crippen LogP contribution in [0, 0.1) is 0 Å². The van der Waals surface area contributed by atoms with Crippen LogP contribution in [0.15, 0.2) is 24.3 Å². The molecule has 1 heterocycles. The van der Waals surface area contributed by atoms with Crippen LogP contribution >= 0.6 is 0 Å². The van der Waals surface area contributed by atoms with Gasteiger partial charge in [-0.25, -0.2) is 8.42 Å². The molecule has 5 nitrogen and oxygen atoms in total. The van der Waals surface area contributed by atoms with E-state index in [2.05, 4.69) is 0 Å². The molecular weight excluding hydrogens is 243 g/mol. The summed E-state index contributed by atoms with van der Waals surface area (Å²) in [6.45, 7) is 0.00891. The molecular formula is C9H9NaO5S. The summed E-state index contributed by atoms with van der Waals surface area (Å²) in [4.78, 5) is -2.36. The molecule has 2 rings (SSSR count). The van der Waals surface area contributed by atoms with Gasteiger partial charge in [-0.3, -0.25) is 0 Å². The van der Waals surface area contributed by atoms with Crippen LogP contribution in [-0.2, 0) is 15.1 Å². The average Bonchev–Trinajstić information content (AvgIpc) is 2.17. The number of hydrogen-bond acceptors (Lipinski definition) is 5. The van der Waals surface area contributed by atoms with E-state index in [0.29, 0.717) is 0 Å². The van der Waals surface area contributed by atoms with Gasteiger partial charge in [-0.05, 0) is 6.07 Å². The van der Waals surface area contributed by atoms with Gasteiger partial charge in [0.1, 0.15) is 15.9 Å². The summed E-state index contributed by atoms with van der Waals surface area (Å²) in [5.74, 6) is 0.241. The van der Waals surface area contributed by atoms with E-state index in [-0.39, 0.29) is 53.9 Å². The molecule has 1 unspecified atom stereocenters. The molecule has 7 heteroatoms. The Morgan fingerprint density at radius 3 is 2.62 bits per heavy atom. The molecule has 1 aromatic carbocycles. The molecule has 16 heavy (non-hydrogen) atoms. The molecule has 0 aliphatic carbocycles. The second-order valence-electron chi connectivity index (χ2n) is 3.33. The second kappa shape index (κ2) is 4.64. The average molecular weight is 252 g/mol. The smallest absolute Gasteiger partial charge is 0.745 e. The third kappa shape index (κ3) is 2.13. The Morgan fingerprint density at radius 1 is 1.38 bits per heavy atom. The third-order valence-corrected chi connectivity index (χ3v) is 3.67. The summed E-state index contributed by atoms with van der Waals surface area (Å²) in [7, 11) is -4.81. The summed E-state index contributed by atoms with van der Waals surface area (Å²) in [6, 6.07) is 6.08. The number of rotatable bonds is 1. The zero-order chi connectivity index (χ0) is 11.1. The molecule has 0 saturated carbocycles. The van der Waals surface area contributed by atoms with E-state index in [4.69, 9.17) is 4.74 Å². The quantitative estimate of drug-likeness (QED) is 0.430. The predicted octanol–water partition coefficient (Wildman–Crippen LogP) is -2.84. The molecule has 0 aromatic heterocycles. The van der Waals surface area contributed by atoms with Gasteiger partial charge in [-0.2, -0.15) is 0 Å². The fraction of sp³-hybridized carbons (Fsp3) is 0.333. The van der Waals surface area contributed by atoms with Crippen LogP contribution in [0.4, 0.5) is 0 Å². The molecule has 0 saturated heterocycles. The van der Waals surface area contributed by atoms with Crippen molar-refractivity contribution in [3.8, 4) is 5.75 Å². The first-order valence-electron chi connectivity index (χ1n) is 4.35. The largest absolute Gasteiger partial charge is 1.00 e. The molecule has 1 atom stereocenters. The van der Waals surface area contributed by atoms with Crippen molar-refractivity contribution < 1.29 is 52.4 Å². The van der Waals surface area contributed by atoms with E-state index in [0.717, 1.165) is 0 Å². The van der Waals surface area contributed by atoms with Crippen LogP contribution in [0.2, 0.25) is 0 Å². The van der Waals surface area contributed by atoms with E-state index in [1.54, 1.807) is 12.1 Å². The van der Waals surface area contributed by atoms with E-state index < -0.39 is 15.1 Å². The van der Waals surface area contributed by atoms with Gasteiger partial charge in [0.05, 0.1) is 6.61 Å². The SMILES string of the molecule is O=S(=O)([O-])C1(O)CCOc2ccccc21.[Na+]. The van der Waals surface area contributed by atoms with Gasteiger partial charge in [-0.1, -0.05) is 18.2 Å². The number of para-hydroxylation sites is 1. The third-order valence-electron chi connectivity index (χ3n) is 2.42. The number of aliphatic hydroxyl groups is 1. The number of fused-ring (bicyclic) bond motifs is 1. The summed E-state index contributed by atoms with van der Waals surface area (Å²) in [5.41, 5.74) is 0.0197. The van der Waals surface area contributed by atoms with Gasteiger partial charge in [-0.15, -0.1) is 0 Å². The molecule has 0 fully saturated rings. The van der Waals surface area contributed by atoms with Gasteiger partial charge in [0.2, 0.25) is 0 Å².